The van der Waals surface area contributed by atoms with E-state index in [1.165, 1.54) is 55.2 Å². The Morgan fingerprint density at radius 3 is 2.21 bits per heavy atom. The number of aryl methyl sites for hydroxylation is 2. The second kappa shape index (κ2) is 7.47. The third kappa shape index (κ3) is 3.84. The smallest absolute Gasteiger partial charge is 0.0423 e. The van der Waals surface area contributed by atoms with Crippen molar-refractivity contribution in [3.05, 3.63) is 34.9 Å². The van der Waals surface area contributed by atoms with Crippen molar-refractivity contribution >= 4 is 15.9 Å². The molecule has 0 nitrogen and oxygen atoms in total. The first kappa shape index (κ1) is 15.1. The van der Waals surface area contributed by atoms with Crippen molar-refractivity contribution in [3.63, 3.8) is 0 Å². The molecule has 1 saturated carbocycles. The number of halogens is 1. The summed E-state index contributed by atoms with van der Waals surface area (Å²) in [4.78, 5) is 0.557. The Bertz CT molecular complexity index is 389. The van der Waals surface area contributed by atoms with Crippen LogP contribution >= 0.6 is 15.9 Å². The van der Waals surface area contributed by atoms with Gasteiger partial charge in [-0.05, 0) is 48.3 Å². The van der Waals surface area contributed by atoms with Gasteiger partial charge in [0.25, 0.3) is 0 Å². The first-order valence-electron chi connectivity index (χ1n) is 8.02. The number of hydrogen-bond acceptors (Lipinski definition) is 0. The lowest BCUT2D eigenvalue weighted by atomic mass is 9.90. The van der Waals surface area contributed by atoms with Gasteiger partial charge in [-0.2, -0.15) is 0 Å². The summed E-state index contributed by atoms with van der Waals surface area (Å²) < 4.78 is 0. The average Bonchev–Trinajstić information content (AvgIpc) is 2.74. The molecule has 0 heterocycles. The summed E-state index contributed by atoms with van der Waals surface area (Å²) in [5.41, 5.74) is 4.56. The van der Waals surface area contributed by atoms with Crippen molar-refractivity contribution in [2.75, 3.05) is 0 Å². The van der Waals surface area contributed by atoms with E-state index in [-0.39, 0.29) is 0 Å². The Kier molecular flexibility index (Phi) is 5.94. The van der Waals surface area contributed by atoms with E-state index in [0.29, 0.717) is 4.83 Å². The van der Waals surface area contributed by atoms with Crippen LogP contribution in [0.1, 0.15) is 73.9 Å². The molecule has 1 fully saturated rings. The largest absolute Gasteiger partial charge is 0.0836 e. The molecule has 0 N–H and O–H groups in total. The zero-order valence-electron chi connectivity index (χ0n) is 12.4. The topological polar surface area (TPSA) is 0 Å². The van der Waals surface area contributed by atoms with Crippen LogP contribution < -0.4 is 0 Å². The van der Waals surface area contributed by atoms with E-state index in [1.54, 1.807) is 0 Å². The molecule has 0 aromatic heterocycles. The van der Waals surface area contributed by atoms with Crippen molar-refractivity contribution < 1.29 is 0 Å². The Morgan fingerprint density at radius 2 is 1.63 bits per heavy atom. The minimum atomic E-state index is 0.557. The highest BCUT2D eigenvalue weighted by atomic mass is 79.9. The zero-order valence-corrected chi connectivity index (χ0v) is 14.0. The van der Waals surface area contributed by atoms with Crippen molar-refractivity contribution in [2.45, 2.75) is 70.0 Å². The Labute approximate surface area is 127 Å². The fourth-order valence-corrected chi connectivity index (χ4v) is 4.18. The minimum Gasteiger partial charge on any atom is -0.0836 e. The van der Waals surface area contributed by atoms with Crippen LogP contribution in [0.25, 0.3) is 0 Å². The molecule has 19 heavy (non-hydrogen) atoms. The number of rotatable bonds is 4. The van der Waals surface area contributed by atoms with Crippen molar-refractivity contribution in [1.29, 1.82) is 0 Å². The lowest BCUT2D eigenvalue weighted by Gasteiger charge is -2.22. The molecular weight excluding hydrogens is 296 g/mol. The quantitative estimate of drug-likeness (QED) is 0.456. The van der Waals surface area contributed by atoms with Gasteiger partial charge < -0.3 is 0 Å². The number of benzene rings is 1. The van der Waals surface area contributed by atoms with Crippen molar-refractivity contribution in [3.8, 4) is 0 Å². The summed E-state index contributed by atoms with van der Waals surface area (Å²) in [5, 5.41) is 0. The molecule has 2 rings (SSSR count). The van der Waals surface area contributed by atoms with Crippen molar-refractivity contribution in [1.82, 2.24) is 0 Å². The highest BCUT2D eigenvalue weighted by molar-refractivity contribution is 9.09. The molecule has 1 unspecified atom stereocenters. The molecule has 1 atom stereocenters. The Hall–Kier alpha value is -0.300. The second-order valence-electron chi connectivity index (χ2n) is 5.89. The third-order valence-electron chi connectivity index (χ3n) is 4.62. The minimum absolute atomic E-state index is 0.557. The van der Waals surface area contributed by atoms with E-state index < -0.39 is 0 Å². The molecule has 0 saturated heterocycles. The third-order valence-corrected chi connectivity index (χ3v) is 5.90. The lowest BCUT2D eigenvalue weighted by Crippen LogP contribution is -2.07. The number of alkyl halides is 1. The molecule has 1 aromatic rings. The average molecular weight is 323 g/mol. The van der Waals surface area contributed by atoms with Gasteiger partial charge in [-0.3, -0.25) is 0 Å². The lowest BCUT2D eigenvalue weighted by molar-refractivity contribution is 0.454. The van der Waals surface area contributed by atoms with Crippen LogP contribution in [-0.2, 0) is 12.8 Å². The SMILES string of the molecule is CCc1ccc(C(Br)C2CCCCCC2)cc1CC. The monoisotopic (exact) mass is 322 g/mol. The molecule has 106 valence electrons. The van der Waals surface area contributed by atoms with Gasteiger partial charge in [0.15, 0.2) is 0 Å². The van der Waals surface area contributed by atoms with Gasteiger partial charge in [0.05, 0.1) is 0 Å². The predicted octanol–water partition coefficient (Wildman–Crippen LogP) is 6.22. The number of hydrogen-bond donors (Lipinski definition) is 0. The maximum Gasteiger partial charge on any atom is 0.0423 e. The molecular formula is C18H27Br. The maximum atomic E-state index is 3.99. The van der Waals surface area contributed by atoms with Gasteiger partial charge in [-0.15, -0.1) is 0 Å². The van der Waals surface area contributed by atoms with Crippen molar-refractivity contribution in [2.24, 2.45) is 5.92 Å². The molecule has 1 heteroatoms. The highest BCUT2D eigenvalue weighted by Gasteiger charge is 2.22. The van der Waals surface area contributed by atoms with Gasteiger partial charge in [0.2, 0.25) is 0 Å². The summed E-state index contributed by atoms with van der Waals surface area (Å²) in [6, 6.07) is 7.14. The summed E-state index contributed by atoms with van der Waals surface area (Å²) in [6.45, 7) is 4.53. The molecule has 0 bridgehead atoms. The molecule has 0 amide bonds. The van der Waals surface area contributed by atoms with Gasteiger partial charge in [-0.25, -0.2) is 0 Å². The van der Waals surface area contributed by atoms with Gasteiger partial charge in [0.1, 0.15) is 0 Å². The first-order chi connectivity index (χ1) is 9.26. The first-order valence-corrected chi connectivity index (χ1v) is 8.93. The van der Waals surface area contributed by atoms with E-state index in [4.69, 9.17) is 0 Å². The normalized spacial score (nSPS) is 19.1. The fraction of sp³-hybridized carbons (Fsp3) is 0.667. The van der Waals surface area contributed by atoms with Gasteiger partial charge in [-0.1, -0.05) is 73.7 Å². The Balaban J connectivity index is 2.15. The van der Waals surface area contributed by atoms with E-state index in [9.17, 15) is 0 Å². The van der Waals surface area contributed by atoms with E-state index in [2.05, 4.69) is 48.0 Å². The molecule has 1 aliphatic rings. The molecule has 1 aromatic carbocycles. The highest BCUT2D eigenvalue weighted by Crippen LogP contribution is 2.39. The van der Waals surface area contributed by atoms with E-state index >= 15 is 0 Å². The summed E-state index contributed by atoms with van der Waals surface area (Å²) >= 11 is 3.99. The molecule has 0 aliphatic heterocycles. The van der Waals surface area contributed by atoms with Crippen LogP contribution in [-0.4, -0.2) is 0 Å². The zero-order chi connectivity index (χ0) is 13.7. The second-order valence-corrected chi connectivity index (χ2v) is 6.88. The van der Waals surface area contributed by atoms with E-state index in [0.717, 1.165) is 18.8 Å². The predicted molar refractivity (Wildman–Crippen MR) is 88.1 cm³/mol. The standard InChI is InChI=1S/C18H27Br/c1-3-14-11-12-17(13-15(14)4-2)18(19)16-9-7-5-6-8-10-16/h11-13,16,18H,3-10H2,1-2H3. The maximum absolute atomic E-state index is 3.99. The molecule has 1 aliphatic carbocycles. The molecule has 0 spiro atoms. The van der Waals surface area contributed by atoms with Crippen LogP contribution in [0.15, 0.2) is 18.2 Å². The van der Waals surface area contributed by atoms with E-state index in [1.807, 2.05) is 0 Å². The fourth-order valence-electron chi connectivity index (χ4n) is 3.37. The van der Waals surface area contributed by atoms with Crippen LogP contribution in [0.3, 0.4) is 0 Å². The summed E-state index contributed by atoms with van der Waals surface area (Å²) in [7, 11) is 0. The summed E-state index contributed by atoms with van der Waals surface area (Å²) in [6.07, 6.45) is 10.8. The van der Waals surface area contributed by atoms with Gasteiger partial charge in [0, 0.05) is 4.83 Å². The van der Waals surface area contributed by atoms with Crippen LogP contribution in [0.4, 0.5) is 0 Å². The van der Waals surface area contributed by atoms with Crippen LogP contribution in [0.5, 0.6) is 0 Å². The Morgan fingerprint density at radius 1 is 1.00 bits per heavy atom. The van der Waals surface area contributed by atoms with Gasteiger partial charge >= 0.3 is 0 Å². The van der Waals surface area contributed by atoms with Crippen LogP contribution in [0, 0.1) is 5.92 Å². The molecule has 0 radical (unpaired) electrons. The van der Waals surface area contributed by atoms with Crippen LogP contribution in [0.2, 0.25) is 0 Å². The summed E-state index contributed by atoms with van der Waals surface area (Å²) in [5.74, 6) is 0.833.